The standard InChI is InChI=1S/C14H31N3S/c1-16-8-6-13(7-9-16)12-17(2)14(11-15)5-4-10-18-3/h13-14H,4-12,15H2,1-3H3. The molecule has 0 saturated carbocycles. The van der Waals surface area contributed by atoms with Crippen LogP contribution < -0.4 is 5.73 Å². The van der Waals surface area contributed by atoms with Gasteiger partial charge in [-0.05, 0) is 70.8 Å². The maximum absolute atomic E-state index is 5.93. The lowest BCUT2D eigenvalue weighted by Gasteiger charge is -2.34. The number of hydrogen-bond donors (Lipinski definition) is 1. The first-order valence-electron chi connectivity index (χ1n) is 7.25. The summed E-state index contributed by atoms with van der Waals surface area (Å²) < 4.78 is 0. The van der Waals surface area contributed by atoms with Gasteiger partial charge >= 0.3 is 0 Å². The summed E-state index contributed by atoms with van der Waals surface area (Å²) in [6.07, 6.45) is 7.42. The van der Waals surface area contributed by atoms with Crippen molar-refractivity contribution in [2.24, 2.45) is 11.7 Å². The number of rotatable bonds is 8. The lowest BCUT2D eigenvalue weighted by Crippen LogP contribution is -2.43. The molecule has 3 nitrogen and oxygen atoms in total. The topological polar surface area (TPSA) is 32.5 Å². The minimum Gasteiger partial charge on any atom is -0.329 e. The Morgan fingerprint density at radius 3 is 2.61 bits per heavy atom. The predicted octanol–water partition coefficient (Wildman–Crippen LogP) is 1.73. The van der Waals surface area contributed by atoms with Crippen LogP contribution in [-0.2, 0) is 0 Å². The van der Waals surface area contributed by atoms with Crippen molar-refractivity contribution in [2.75, 3.05) is 52.3 Å². The fourth-order valence-corrected chi connectivity index (χ4v) is 3.24. The van der Waals surface area contributed by atoms with E-state index in [1.54, 1.807) is 0 Å². The fourth-order valence-electron chi connectivity index (χ4n) is 2.78. The molecule has 0 amide bonds. The van der Waals surface area contributed by atoms with Gasteiger partial charge in [0.1, 0.15) is 0 Å². The number of nitrogens with two attached hydrogens (primary N) is 1. The first-order valence-corrected chi connectivity index (χ1v) is 8.64. The fraction of sp³-hybridized carbons (Fsp3) is 1.00. The summed E-state index contributed by atoms with van der Waals surface area (Å²) in [5.74, 6) is 2.14. The molecule has 4 heteroatoms. The molecule has 1 fully saturated rings. The first-order chi connectivity index (χ1) is 8.67. The van der Waals surface area contributed by atoms with Gasteiger partial charge in [0.15, 0.2) is 0 Å². The van der Waals surface area contributed by atoms with Crippen LogP contribution in [0.4, 0.5) is 0 Å². The van der Waals surface area contributed by atoms with E-state index < -0.39 is 0 Å². The second-order valence-electron chi connectivity index (χ2n) is 5.71. The average molecular weight is 273 g/mol. The number of likely N-dealkylation sites (tertiary alicyclic amines) is 1. The van der Waals surface area contributed by atoms with Crippen molar-refractivity contribution in [3.05, 3.63) is 0 Å². The highest BCUT2D eigenvalue weighted by Gasteiger charge is 2.21. The number of hydrogen-bond acceptors (Lipinski definition) is 4. The van der Waals surface area contributed by atoms with Crippen LogP contribution in [0.2, 0.25) is 0 Å². The average Bonchev–Trinajstić information content (AvgIpc) is 2.37. The molecule has 1 aliphatic rings. The normalized spacial score (nSPS) is 20.5. The number of thioether (sulfide) groups is 1. The van der Waals surface area contributed by atoms with E-state index in [1.165, 1.54) is 51.1 Å². The Morgan fingerprint density at radius 1 is 1.39 bits per heavy atom. The molecular formula is C14H31N3S. The Bertz CT molecular complexity index is 205. The van der Waals surface area contributed by atoms with Crippen LogP contribution in [0.25, 0.3) is 0 Å². The minimum atomic E-state index is 0.580. The van der Waals surface area contributed by atoms with Gasteiger partial charge in [-0.25, -0.2) is 0 Å². The van der Waals surface area contributed by atoms with Crippen LogP contribution in [0.15, 0.2) is 0 Å². The van der Waals surface area contributed by atoms with Crippen LogP contribution in [0.3, 0.4) is 0 Å². The van der Waals surface area contributed by atoms with Crippen LogP contribution in [0.5, 0.6) is 0 Å². The number of nitrogens with zero attached hydrogens (tertiary/aromatic N) is 2. The van der Waals surface area contributed by atoms with E-state index in [0.717, 1.165) is 12.5 Å². The SMILES string of the molecule is CSCCCC(CN)N(C)CC1CCN(C)CC1. The van der Waals surface area contributed by atoms with Crippen molar-refractivity contribution in [3.8, 4) is 0 Å². The summed E-state index contributed by atoms with van der Waals surface area (Å²) in [6.45, 7) is 4.56. The van der Waals surface area contributed by atoms with Gasteiger partial charge in [-0.1, -0.05) is 0 Å². The van der Waals surface area contributed by atoms with E-state index in [2.05, 4.69) is 30.2 Å². The Labute approximate surface area is 117 Å². The molecule has 1 heterocycles. The third kappa shape index (κ3) is 5.91. The molecule has 1 aliphatic heterocycles. The summed E-state index contributed by atoms with van der Waals surface area (Å²) in [5.41, 5.74) is 5.93. The van der Waals surface area contributed by atoms with E-state index >= 15 is 0 Å². The van der Waals surface area contributed by atoms with Crippen LogP contribution in [0, 0.1) is 5.92 Å². The van der Waals surface area contributed by atoms with Gasteiger partial charge in [0.25, 0.3) is 0 Å². The monoisotopic (exact) mass is 273 g/mol. The second-order valence-corrected chi connectivity index (χ2v) is 6.70. The van der Waals surface area contributed by atoms with Gasteiger partial charge in [0.05, 0.1) is 0 Å². The first kappa shape index (κ1) is 16.3. The highest BCUT2D eigenvalue weighted by atomic mass is 32.2. The summed E-state index contributed by atoms with van der Waals surface area (Å²) >= 11 is 1.94. The molecule has 1 unspecified atom stereocenters. The molecular weight excluding hydrogens is 242 g/mol. The summed E-state index contributed by atoms with van der Waals surface area (Å²) in [4.78, 5) is 4.95. The number of piperidine rings is 1. The molecule has 108 valence electrons. The molecule has 18 heavy (non-hydrogen) atoms. The number of likely N-dealkylation sites (N-methyl/N-ethyl adjacent to an activating group) is 1. The zero-order chi connectivity index (χ0) is 13.4. The molecule has 0 aromatic rings. The van der Waals surface area contributed by atoms with Crippen LogP contribution in [0.1, 0.15) is 25.7 Å². The third-order valence-corrected chi connectivity index (χ3v) is 4.86. The summed E-state index contributed by atoms with van der Waals surface area (Å²) in [5, 5.41) is 0. The Hall–Kier alpha value is 0.230. The molecule has 0 bridgehead atoms. The van der Waals surface area contributed by atoms with Crippen molar-refractivity contribution in [2.45, 2.75) is 31.7 Å². The van der Waals surface area contributed by atoms with Crippen molar-refractivity contribution in [3.63, 3.8) is 0 Å². The lowest BCUT2D eigenvalue weighted by atomic mass is 9.96. The molecule has 1 rings (SSSR count). The van der Waals surface area contributed by atoms with Crippen molar-refractivity contribution >= 4 is 11.8 Å². The van der Waals surface area contributed by atoms with Crippen LogP contribution >= 0.6 is 11.8 Å². The molecule has 1 atom stereocenters. The highest BCUT2D eigenvalue weighted by molar-refractivity contribution is 7.98. The molecule has 0 radical (unpaired) electrons. The van der Waals surface area contributed by atoms with Crippen molar-refractivity contribution in [1.29, 1.82) is 0 Å². The third-order valence-electron chi connectivity index (χ3n) is 4.17. The maximum atomic E-state index is 5.93. The van der Waals surface area contributed by atoms with Crippen molar-refractivity contribution < 1.29 is 0 Å². The maximum Gasteiger partial charge on any atom is 0.0215 e. The van der Waals surface area contributed by atoms with Gasteiger partial charge in [-0.3, -0.25) is 0 Å². The molecule has 0 aromatic carbocycles. The van der Waals surface area contributed by atoms with Crippen molar-refractivity contribution in [1.82, 2.24) is 9.80 Å². The van der Waals surface area contributed by atoms with Gasteiger partial charge in [-0.2, -0.15) is 11.8 Å². The van der Waals surface area contributed by atoms with Gasteiger partial charge in [0, 0.05) is 19.1 Å². The van der Waals surface area contributed by atoms with Crippen LogP contribution in [-0.4, -0.2) is 68.1 Å². The highest BCUT2D eigenvalue weighted by Crippen LogP contribution is 2.18. The predicted molar refractivity (Wildman–Crippen MR) is 83.3 cm³/mol. The van der Waals surface area contributed by atoms with E-state index in [4.69, 9.17) is 5.73 Å². The quantitative estimate of drug-likeness (QED) is 0.683. The Balaban J connectivity index is 2.25. The largest absolute Gasteiger partial charge is 0.329 e. The Kier molecular flexibility index (Phi) is 8.31. The minimum absolute atomic E-state index is 0.580. The summed E-state index contributed by atoms with van der Waals surface area (Å²) in [7, 11) is 4.49. The van der Waals surface area contributed by atoms with Gasteiger partial charge < -0.3 is 15.5 Å². The van der Waals surface area contributed by atoms with E-state index in [-0.39, 0.29) is 0 Å². The zero-order valence-corrected chi connectivity index (χ0v) is 13.2. The van der Waals surface area contributed by atoms with E-state index in [0.29, 0.717) is 6.04 Å². The molecule has 0 aliphatic carbocycles. The molecule has 0 spiro atoms. The van der Waals surface area contributed by atoms with Gasteiger partial charge in [0.2, 0.25) is 0 Å². The van der Waals surface area contributed by atoms with E-state index in [1.807, 2.05) is 11.8 Å². The molecule has 0 aromatic heterocycles. The summed E-state index contributed by atoms with van der Waals surface area (Å²) in [6, 6.07) is 0.580. The van der Waals surface area contributed by atoms with E-state index in [9.17, 15) is 0 Å². The van der Waals surface area contributed by atoms with Gasteiger partial charge in [-0.15, -0.1) is 0 Å². The lowest BCUT2D eigenvalue weighted by molar-refractivity contribution is 0.147. The zero-order valence-electron chi connectivity index (χ0n) is 12.4. The smallest absolute Gasteiger partial charge is 0.0215 e. The molecule has 1 saturated heterocycles. The molecule has 2 N–H and O–H groups in total. The second kappa shape index (κ2) is 9.18. The Morgan fingerprint density at radius 2 is 2.06 bits per heavy atom.